The maximum Gasteiger partial charge on any atom is 0.307 e. The van der Waals surface area contributed by atoms with Crippen molar-refractivity contribution in [3.05, 3.63) is 41.8 Å². The van der Waals surface area contributed by atoms with E-state index in [2.05, 4.69) is 9.88 Å². The summed E-state index contributed by atoms with van der Waals surface area (Å²) in [5.74, 6) is -0.356. The zero-order chi connectivity index (χ0) is 14.8. The second-order valence-electron chi connectivity index (χ2n) is 5.57. The van der Waals surface area contributed by atoms with Crippen molar-refractivity contribution in [1.82, 2.24) is 9.88 Å². The quantitative estimate of drug-likeness (QED) is 0.937. The Morgan fingerprint density at radius 3 is 2.77 bits per heavy atom. The number of aryl methyl sites for hydroxylation is 1. The van der Waals surface area contributed by atoms with Gasteiger partial charge in [0.1, 0.15) is 6.26 Å². The molecule has 1 aliphatic heterocycles. The Hall–Kier alpha value is -1.85. The van der Waals surface area contributed by atoms with Crippen LogP contribution in [0.4, 0.5) is 0 Å². The third kappa shape index (κ3) is 3.67. The summed E-state index contributed by atoms with van der Waals surface area (Å²) in [4.78, 5) is 17.5. The van der Waals surface area contributed by atoms with Gasteiger partial charge in [-0.25, -0.2) is 4.98 Å². The zero-order valence-corrected chi connectivity index (χ0v) is 13.2. The number of carbonyl (C=O) groups is 1. The predicted octanol–water partition coefficient (Wildman–Crippen LogP) is 2.98. The summed E-state index contributed by atoms with van der Waals surface area (Å²) in [6.07, 6.45) is 2.36. The average Bonchev–Trinajstić information content (AvgIpc) is 3.10. The topological polar surface area (TPSA) is 66.6 Å². The lowest BCUT2D eigenvalue weighted by Gasteiger charge is -2.12. The third-order valence-electron chi connectivity index (χ3n) is 3.86. The molecule has 1 unspecified atom stereocenters. The van der Waals surface area contributed by atoms with Crippen molar-refractivity contribution >= 4 is 18.4 Å². The summed E-state index contributed by atoms with van der Waals surface area (Å²) in [7, 11) is 0. The number of carboxylic acid groups (broad SMARTS) is 1. The van der Waals surface area contributed by atoms with E-state index in [9.17, 15) is 4.79 Å². The molecule has 0 aliphatic carbocycles. The zero-order valence-electron chi connectivity index (χ0n) is 12.4. The van der Waals surface area contributed by atoms with Crippen LogP contribution in [0, 0.1) is 12.8 Å². The first-order valence-electron chi connectivity index (χ1n) is 7.08. The molecule has 22 heavy (non-hydrogen) atoms. The van der Waals surface area contributed by atoms with E-state index in [4.69, 9.17) is 9.52 Å². The predicted molar refractivity (Wildman–Crippen MR) is 84.9 cm³/mol. The number of halogens is 1. The van der Waals surface area contributed by atoms with E-state index in [1.165, 1.54) is 5.56 Å². The summed E-state index contributed by atoms with van der Waals surface area (Å²) >= 11 is 0. The smallest absolute Gasteiger partial charge is 0.307 e. The Balaban J connectivity index is 0.00000176. The van der Waals surface area contributed by atoms with Crippen LogP contribution in [0.1, 0.15) is 17.7 Å². The van der Waals surface area contributed by atoms with Crippen molar-refractivity contribution in [2.24, 2.45) is 5.92 Å². The van der Waals surface area contributed by atoms with Crippen LogP contribution in [-0.4, -0.2) is 34.0 Å². The molecule has 0 amide bonds. The van der Waals surface area contributed by atoms with Crippen molar-refractivity contribution in [2.45, 2.75) is 19.9 Å². The Bertz CT molecular complexity index is 639. The molecule has 1 aromatic heterocycles. The van der Waals surface area contributed by atoms with Crippen LogP contribution in [0.25, 0.3) is 11.5 Å². The Labute approximate surface area is 135 Å². The number of hydrogen-bond donors (Lipinski definition) is 1. The molecule has 2 heterocycles. The van der Waals surface area contributed by atoms with E-state index in [1.54, 1.807) is 6.26 Å². The molecule has 0 saturated carbocycles. The number of oxazole rings is 1. The maximum atomic E-state index is 11.0. The average molecular weight is 323 g/mol. The van der Waals surface area contributed by atoms with Gasteiger partial charge >= 0.3 is 5.97 Å². The molecule has 1 atom stereocenters. The van der Waals surface area contributed by atoms with Gasteiger partial charge in [-0.1, -0.05) is 17.7 Å². The van der Waals surface area contributed by atoms with Gasteiger partial charge in [0.15, 0.2) is 0 Å². The Morgan fingerprint density at radius 1 is 1.41 bits per heavy atom. The van der Waals surface area contributed by atoms with Gasteiger partial charge in [0.05, 0.1) is 11.6 Å². The molecule has 1 aliphatic rings. The van der Waals surface area contributed by atoms with Gasteiger partial charge in [-0.3, -0.25) is 9.69 Å². The van der Waals surface area contributed by atoms with Crippen LogP contribution in [-0.2, 0) is 11.3 Å². The third-order valence-corrected chi connectivity index (χ3v) is 3.86. The minimum absolute atomic E-state index is 0. The number of likely N-dealkylation sites (tertiary alicyclic amines) is 1. The van der Waals surface area contributed by atoms with Crippen molar-refractivity contribution in [3.63, 3.8) is 0 Å². The van der Waals surface area contributed by atoms with Gasteiger partial charge < -0.3 is 9.52 Å². The molecular formula is C16H19ClN2O3. The first kappa shape index (κ1) is 16.5. The van der Waals surface area contributed by atoms with E-state index in [0.29, 0.717) is 25.4 Å². The fourth-order valence-electron chi connectivity index (χ4n) is 2.62. The van der Waals surface area contributed by atoms with Gasteiger partial charge in [-0.05, 0) is 32.0 Å². The summed E-state index contributed by atoms with van der Waals surface area (Å²) in [5, 5.41) is 9.01. The van der Waals surface area contributed by atoms with E-state index in [-0.39, 0.29) is 18.3 Å². The minimum atomic E-state index is -0.710. The second-order valence-corrected chi connectivity index (χ2v) is 5.57. The molecule has 118 valence electrons. The first-order chi connectivity index (χ1) is 10.1. The molecule has 5 nitrogen and oxygen atoms in total. The van der Waals surface area contributed by atoms with Crippen molar-refractivity contribution in [1.29, 1.82) is 0 Å². The number of carboxylic acids is 1. The van der Waals surface area contributed by atoms with E-state index >= 15 is 0 Å². The lowest BCUT2D eigenvalue weighted by atomic mass is 10.1. The second kappa shape index (κ2) is 6.94. The minimum Gasteiger partial charge on any atom is -0.481 e. The van der Waals surface area contributed by atoms with Crippen LogP contribution in [0.5, 0.6) is 0 Å². The lowest BCUT2D eigenvalue weighted by molar-refractivity contribution is -0.141. The molecule has 2 aromatic rings. The van der Waals surface area contributed by atoms with Gasteiger partial charge in [0.25, 0.3) is 0 Å². The Morgan fingerprint density at radius 2 is 2.14 bits per heavy atom. The molecule has 1 saturated heterocycles. The fraction of sp³-hybridized carbons (Fsp3) is 0.375. The van der Waals surface area contributed by atoms with E-state index in [1.807, 2.05) is 31.2 Å². The Kier molecular flexibility index (Phi) is 5.21. The number of benzene rings is 1. The molecule has 6 heteroatoms. The van der Waals surface area contributed by atoms with Crippen molar-refractivity contribution in [2.75, 3.05) is 13.1 Å². The van der Waals surface area contributed by atoms with Gasteiger partial charge in [-0.15, -0.1) is 12.4 Å². The molecular weight excluding hydrogens is 304 g/mol. The normalized spacial score (nSPS) is 18.1. The molecule has 0 radical (unpaired) electrons. The summed E-state index contributed by atoms with van der Waals surface area (Å²) < 4.78 is 5.52. The molecule has 1 fully saturated rings. The number of hydrogen-bond acceptors (Lipinski definition) is 4. The van der Waals surface area contributed by atoms with Gasteiger partial charge in [0.2, 0.25) is 5.89 Å². The first-order valence-corrected chi connectivity index (χ1v) is 7.08. The molecule has 1 N–H and O–H groups in total. The monoisotopic (exact) mass is 322 g/mol. The van der Waals surface area contributed by atoms with E-state index < -0.39 is 5.97 Å². The van der Waals surface area contributed by atoms with E-state index in [0.717, 1.165) is 17.8 Å². The summed E-state index contributed by atoms with van der Waals surface area (Å²) in [6.45, 7) is 4.06. The largest absolute Gasteiger partial charge is 0.481 e. The highest BCUT2D eigenvalue weighted by molar-refractivity contribution is 5.85. The highest BCUT2D eigenvalue weighted by Crippen LogP contribution is 2.22. The summed E-state index contributed by atoms with van der Waals surface area (Å²) in [5.41, 5.74) is 3.00. The highest BCUT2D eigenvalue weighted by Gasteiger charge is 2.28. The van der Waals surface area contributed by atoms with Gasteiger partial charge in [0, 0.05) is 18.7 Å². The standard InChI is InChI=1S/C16H18N2O3.ClH/c1-11-2-4-12(5-3-11)15-17-14(10-21-15)9-18-7-6-13(8-18)16(19)20;/h2-5,10,13H,6-9H2,1H3,(H,19,20);1H. The number of rotatable bonds is 4. The van der Waals surface area contributed by atoms with Crippen LogP contribution >= 0.6 is 12.4 Å². The highest BCUT2D eigenvalue weighted by atomic mass is 35.5. The summed E-state index contributed by atoms with van der Waals surface area (Å²) in [6, 6.07) is 8.02. The number of aliphatic carboxylic acids is 1. The fourth-order valence-corrected chi connectivity index (χ4v) is 2.62. The van der Waals surface area contributed by atoms with Crippen molar-refractivity contribution in [3.8, 4) is 11.5 Å². The number of nitrogens with zero attached hydrogens (tertiary/aromatic N) is 2. The lowest BCUT2D eigenvalue weighted by Crippen LogP contribution is -2.22. The molecule has 3 rings (SSSR count). The van der Waals surface area contributed by atoms with Crippen LogP contribution in [0.3, 0.4) is 0 Å². The molecule has 0 spiro atoms. The number of aromatic nitrogens is 1. The maximum absolute atomic E-state index is 11.0. The van der Waals surface area contributed by atoms with Crippen LogP contribution in [0.15, 0.2) is 34.9 Å². The molecule has 0 bridgehead atoms. The van der Waals surface area contributed by atoms with Crippen molar-refractivity contribution < 1.29 is 14.3 Å². The van der Waals surface area contributed by atoms with Crippen LogP contribution < -0.4 is 0 Å². The van der Waals surface area contributed by atoms with Crippen LogP contribution in [0.2, 0.25) is 0 Å². The molecule has 1 aromatic carbocycles. The van der Waals surface area contributed by atoms with Gasteiger partial charge in [-0.2, -0.15) is 0 Å². The SMILES string of the molecule is Cc1ccc(-c2nc(CN3CCC(C(=O)O)C3)co2)cc1.Cl.